The van der Waals surface area contributed by atoms with Crippen molar-refractivity contribution in [2.75, 3.05) is 6.61 Å². The molecule has 0 aromatic rings. The number of carbonyl (C=O) groups is 4. The second kappa shape index (κ2) is 8.60. The summed E-state index contributed by atoms with van der Waals surface area (Å²) < 4.78 is 20.3. The summed E-state index contributed by atoms with van der Waals surface area (Å²) in [6.45, 7) is 4.28. The van der Waals surface area contributed by atoms with E-state index in [4.69, 9.17) is 18.9 Å². The van der Waals surface area contributed by atoms with E-state index < -0.39 is 54.5 Å². The van der Waals surface area contributed by atoms with Crippen molar-refractivity contribution in [2.45, 2.75) is 58.3 Å². The maximum atomic E-state index is 11.4. The second-order valence-electron chi connectivity index (χ2n) is 5.24. The van der Waals surface area contributed by atoms with E-state index >= 15 is 0 Å². The lowest BCUT2D eigenvalue weighted by Gasteiger charge is -2.43. The van der Waals surface area contributed by atoms with E-state index in [2.05, 4.69) is 5.32 Å². The highest BCUT2D eigenvalue weighted by Crippen LogP contribution is 2.26. The molecule has 0 radical (unpaired) electrons. The van der Waals surface area contributed by atoms with Crippen LogP contribution in [0.2, 0.25) is 0 Å². The van der Waals surface area contributed by atoms with Gasteiger partial charge in [0.2, 0.25) is 5.91 Å². The van der Waals surface area contributed by atoms with Crippen LogP contribution in [-0.2, 0) is 38.1 Å². The molecule has 1 aliphatic rings. The number of ether oxygens (including phenoxy) is 4. The summed E-state index contributed by atoms with van der Waals surface area (Å²) in [4.78, 5) is 45.0. The maximum Gasteiger partial charge on any atom is 0.303 e. The highest BCUT2D eigenvalue weighted by atomic mass is 16.7. The molecule has 2 N–H and O–H groups in total. The molecule has 0 aliphatic carbocycles. The molecule has 1 heterocycles. The molecule has 5 atom stereocenters. The minimum atomic E-state index is -1.56. The fraction of sp³-hybridized carbons (Fsp3) is 0.714. The van der Waals surface area contributed by atoms with Gasteiger partial charge >= 0.3 is 17.9 Å². The Bertz CT molecular complexity index is 506. The van der Waals surface area contributed by atoms with Crippen molar-refractivity contribution in [3.63, 3.8) is 0 Å². The van der Waals surface area contributed by atoms with Crippen molar-refractivity contribution in [3.8, 4) is 0 Å². The number of hydrogen-bond acceptors (Lipinski definition) is 9. The molecule has 1 aliphatic heterocycles. The Morgan fingerprint density at radius 1 is 0.958 bits per heavy atom. The Morgan fingerprint density at radius 3 is 1.96 bits per heavy atom. The maximum absolute atomic E-state index is 11.4. The minimum Gasteiger partial charge on any atom is -0.463 e. The number of esters is 3. The van der Waals surface area contributed by atoms with E-state index in [1.165, 1.54) is 13.8 Å². The van der Waals surface area contributed by atoms with Crippen LogP contribution in [0.15, 0.2) is 0 Å². The summed E-state index contributed by atoms with van der Waals surface area (Å²) in [6.07, 6.45) is -5.06. The first kappa shape index (κ1) is 19.8. The zero-order chi connectivity index (χ0) is 18.4. The predicted octanol–water partition coefficient (Wildman–Crippen LogP) is -1.37. The zero-order valence-electron chi connectivity index (χ0n) is 13.8. The van der Waals surface area contributed by atoms with Crippen LogP contribution in [0.4, 0.5) is 0 Å². The molecule has 1 amide bonds. The van der Waals surface area contributed by atoms with Crippen LogP contribution in [0.1, 0.15) is 27.7 Å². The van der Waals surface area contributed by atoms with Crippen LogP contribution < -0.4 is 5.32 Å². The van der Waals surface area contributed by atoms with Gasteiger partial charge in [-0.3, -0.25) is 19.2 Å². The van der Waals surface area contributed by atoms with E-state index in [1.54, 1.807) is 0 Å². The normalized spacial score (nSPS) is 29.3. The number of nitrogens with one attached hydrogen (secondary N) is 1. The van der Waals surface area contributed by atoms with E-state index in [0.29, 0.717) is 0 Å². The third kappa shape index (κ3) is 5.78. The van der Waals surface area contributed by atoms with Crippen LogP contribution in [0.25, 0.3) is 0 Å². The third-order valence-corrected chi connectivity index (χ3v) is 3.09. The van der Waals surface area contributed by atoms with E-state index in [0.717, 1.165) is 13.8 Å². The first-order valence-electron chi connectivity index (χ1n) is 7.20. The molecule has 0 bridgehead atoms. The van der Waals surface area contributed by atoms with Gasteiger partial charge in [-0.2, -0.15) is 0 Å². The first-order chi connectivity index (χ1) is 11.1. The molecule has 0 spiro atoms. The van der Waals surface area contributed by atoms with Crippen LogP contribution in [0, 0.1) is 0 Å². The van der Waals surface area contributed by atoms with Crippen LogP contribution in [0.5, 0.6) is 0 Å². The standard InChI is InChI=1S/C14H21NO9/c1-6(16)15-11-13(23-9(4)19)12(22-8(3)18)10(24-14(11)20)5-21-7(2)17/h10-14,20H,5H2,1-4H3,(H,15,16)/t10-,11+,12+,13-,14-/m0/s1. The Labute approximate surface area is 138 Å². The van der Waals surface area contributed by atoms with Gasteiger partial charge in [0.05, 0.1) is 0 Å². The van der Waals surface area contributed by atoms with Crippen LogP contribution >= 0.6 is 0 Å². The van der Waals surface area contributed by atoms with Gasteiger partial charge in [-0.15, -0.1) is 0 Å². The smallest absolute Gasteiger partial charge is 0.303 e. The van der Waals surface area contributed by atoms with Gasteiger partial charge in [0.1, 0.15) is 18.8 Å². The number of aliphatic hydroxyl groups excluding tert-OH is 1. The van der Waals surface area contributed by atoms with Crippen molar-refractivity contribution >= 4 is 23.8 Å². The van der Waals surface area contributed by atoms with Gasteiger partial charge < -0.3 is 29.4 Å². The summed E-state index contributed by atoms with van der Waals surface area (Å²) in [6, 6.07) is -1.16. The number of carbonyl (C=O) groups excluding carboxylic acids is 4. The fourth-order valence-electron chi connectivity index (χ4n) is 2.31. The van der Waals surface area contributed by atoms with Gasteiger partial charge in [-0.1, -0.05) is 0 Å². The van der Waals surface area contributed by atoms with Crippen molar-refractivity contribution in [3.05, 3.63) is 0 Å². The number of hydrogen-bond donors (Lipinski definition) is 2. The highest BCUT2D eigenvalue weighted by Gasteiger charge is 2.50. The number of rotatable bonds is 5. The third-order valence-electron chi connectivity index (χ3n) is 3.09. The van der Waals surface area contributed by atoms with Gasteiger partial charge in [0, 0.05) is 27.7 Å². The van der Waals surface area contributed by atoms with Gasteiger partial charge in [-0.25, -0.2) is 0 Å². The number of aliphatic hydroxyl groups is 1. The lowest BCUT2D eigenvalue weighted by atomic mass is 9.96. The lowest BCUT2D eigenvalue weighted by molar-refractivity contribution is -0.264. The Hall–Kier alpha value is -2.20. The van der Waals surface area contributed by atoms with Crippen LogP contribution in [-0.4, -0.2) is 66.2 Å². The molecule has 1 saturated heterocycles. The molecular formula is C14H21NO9. The second-order valence-corrected chi connectivity index (χ2v) is 5.24. The largest absolute Gasteiger partial charge is 0.463 e. The Morgan fingerprint density at radius 2 is 1.50 bits per heavy atom. The van der Waals surface area contributed by atoms with Crippen molar-refractivity contribution in [1.29, 1.82) is 0 Å². The van der Waals surface area contributed by atoms with Crippen molar-refractivity contribution in [1.82, 2.24) is 5.32 Å². The molecule has 0 unspecified atom stereocenters. The molecule has 10 heteroatoms. The van der Waals surface area contributed by atoms with E-state index in [9.17, 15) is 24.3 Å². The van der Waals surface area contributed by atoms with Crippen molar-refractivity contribution in [2.24, 2.45) is 0 Å². The Kier molecular flexibility index (Phi) is 7.11. The van der Waals surface area contributed by atoms with E-state index in [-0.39, 0.29) is 6.61 Å². The Balaban J connectivity index is 3.11. The summed E-state index contributed by atoms with van der Waals surface area (Å²) in [5.74, 6) is -2.54. The molecule has 1 rings (SSSR count). The average molecular weight is 347 g/mol. The summed E-state index contributed by atoms with van der Waals surface area (Å²) >= 11 is 0. The predicted molar refractivity (Wildman–Crippen MR) is 76.2 cm³/mol. The molecule has 136 valence electrons. The SMILES string of the molecule is CC(=O)N[C@@H]1[C@H](OC(C)=O)[C@H](OC(C)=O)[C@H](COC(C)=O)O[C@@H]1O. The molecule has 0 saturated carbocycles. The topological polar surface area (TPSA) is 137 Å². The molecule has 24 heavy (non-hydrogen) atoms. The molecule has 10 nitrogen and oxygen atoms in total. The summed E-state index contributed by atoms with van der Waals surface area (Å²) in [5.41, 5.74) is 0. The van der Waals surface area contributed by atoms with Crippen LogP contribution in [0.3, 0.4) is 0 Å². The summed E-state index contributed by atoms with van der Waals surface area (Å²) in [7, 11) is 0. The molecule has 0 aromatic heterocycles. The monoisotopic (exact) mass is 347 g/mol. The lowest BCUT2D eigenvalue weighted by Crippen LogP contribution is -2.66. The zero-order valence-corrected chi connectivity index (χ0v) is 13.8. The van der Waals surface area contributed by atoms with Gasteiger partial charge in [0.25, 0.3) is 0 Å². The number of amides is 1. The minimum absolute atomic E-state index is 0.338. The average Bonchev–Trinajstić information content (AvgIpc) is 2.42. The van der Waals surface area contributed by atoms with Gasteiger partial charge in [0.15, 0.2) is 18.5 Å². The van der Waals surface area contributed by atoms with Crippen molar-refractivity contribution < 1.29 is 43.2 Å². The van der Waals surface area contributed by atoms with E-state index in [1.807, 2.05) is 0 Å². The van der Waals surface area contributed by atoms with Gasteiger partial charge in [-0.05, 0) is 0 Å². The summed E-state index contributed by atoms with van der Waals surface area (Å²) in [5, 5.41) is 12.5. The quantitative estimate of drug-likeness (QED) is 0.456. The molecule has 0 aromatic carbocycles. The first-order valence-corrected chi connectivity index (χ1v) is 7.20. The fourth-order valence-corrected chi connectivity index (χ4v) is 2.31. The molecule has 1 fully saturated rings. The highest BCUT2D eigenvalue weighted by molar-refractivity contribution is 5.73. The molecular weight excluding hydrogens is 326 g/mol.